The van der Waals surface area contributed by atoms with E-state index in [-0.39, 0.29) is 12.5 Å². The summed E-state index contributed by atoms with van der Waals surface area (Å²) in [5.41, 5.74) is -0.370. The van der Waals surface area contributed by atoms with E-state index >= 15 is 0 Å². The normalized spacial score (nSPS) is 19.8. The lowest BCUT2D eigenvalue weighted by molar-refractivity contribution is -0.163. The maximum atomic E-state index is 14.0. The summed E-state index contributed by atoms with van der Waals surface area (Å²) in [6, 6.07) is 17.3. The zero-order chi connectivity index (χ0) is 24.4. The summed E-state index contributed by atoms with van der Waals surface area (Å²) in [6.45, 7) is 11.3. The van der Waals surface area contributed by atoms with Crippen molar-refractivity contribution in [2.24, 2.45) is 5.92 Å². The second-order valence-corrected chi connectivity index (χ2v) is 10.1. The summed E-state index contributed by atoms with van der Waals surface area (Å²) in [6.07, 6.45) is 0.330. The number of carbonyl (C=O) groups is 3. The van der Waals surface area contributed by atoms with Gasteiger partial charge in [0.15, 0.2) is 0 Å². The molecule has 1 saturated heterocycles. The van der Waals surface area contributed by atoms with Crippen LogP contribution >= 0.6 is 0 Å². The Morgan fingerprint density at radius 3 is 2.03 bits per heavy atom. The maximum absolute atomic E-state index is 14.0. The highest BCUT2D eigenvalue weighted by Crippen LogP contribution is 2.40. The Morgan fingerprint density at radius 1 is 0.970 bits per heavy atom. The number of benzene rings is 2. The Morgan fingerprint density at radius 2 is 1.52 bits per heavy atom. The lowest BCUT2D eigenvalue weighted by Crippen LogP contribution is -2.49. The van der Waals surface area contributed by atoms with Crippen molar-refractivity contribution in [3.8, 4) is 0 Å². The maximum Gasteiger partial charge on any atom is 0.329 e. The van der Waals surface area contributed by atoms with Crippen molar-refractivity contribution in [2.45, 2.75) is 71.7 Å². The first-order chi connectivity index (χ1) is 15.4. The van der Waals surface area contributed by atoms with E-state index in [0.29, 0.717) is 12.0 Å². The summed E-state index contributed by atoms with van der Waals surface area (Å²) in [7, 11) is 0. The number of carbonyl (C=O) groups excluding carboxylic acids is 3. The molecule has 33 heavy (non-hydrogen) atoms. The molecule has 0 spiro atoms. The van der Waals surface area contributed by atoms with Gasteiger partial charge in [0.1, 0.15) is 17.2 Å². The predicted octanol–water partition coefficient (Wildman–Crippen LogP) is 5.12. The van der Waals surface area contributed by atoms with Crippen molar-refractivity contribution in [2.75, 3.05) is 0 Å². The zero-order valence-electron chi connectivity index (χ0n) is 20.4. The molecule has 0 radical (unpaired) electrons. The van der Waals surface area contributed by atoms with Gasteiger partial charge in [-0.15, -0.1) is 0 Å². The van der Waals surface area contributed by atoms with Crippen LogP contribution in [0.1, 0.15) is 59.1 Å². The predicted molar refractivity (Wildman–Crippen MR) is 127 cm³/mol. The molecule has 0 N–H and O–H groups in total. The van der Waals surface area contributed by atoms with Crippen LogP contribution in [0.3, 0.4) is 0 Å². The van der Waals surface area contributed by atoms with Gasteiger partial charge in [-0.3, -0.25) is 4.79 Å². The van der Waals surface area contributed by atoms with Gasteiger partial charge in [-0.1, -0.05) is 74.5 Å². The minimum Gasteiger partial charge on any atom is -0.458 e. The van der Waals surface area contributed by atoms with Crippen LogP contribution < -0.4 is 0 Å². The Bertz CT molecular complexity index is 998. The molecule has 0 saturated carbocycles. The number of urea groups is 1. The van der Waals surface area contributed by atoms with Crippen molar-refractivity contribution >= 4 is 17.9 Å². The minimum absolute atomic E-state index is 0.0780. The number of nitrogens with zero attached hydrogens (tertiary/aromatic N) is 2. The SMILES string of the molecule is CC(C)C[C@@H](C(=O)OC(C)(C)C)N1C(=O)N(Cc2ccccc2)[C@@](C)(c2ccccc2)C1=O. The van der Waals surface area contributed by atoms with Gasteiger partial charge in [0.05, 0.1) is 0 Å². The molecule has 0 bridgehead atoms. The third kappa shape index (κ3) is 5.10. The number of amides is 3. The molecular formula is C27H34N2O4. The highest BCUT2D eigenvalue weighted by molar-refractivity contribution is 6.09. The van der Waals surface area contributed by atoms with Crippen molar-refractivity contribution in [1.29, 1.82) is 0 Å². The third-order valence-corrected chi connectivity index (χ3v) is 5.82. The number of hydrogen-bond acceptors (Lipinski definition) is 4. The van der Waals surface area contributed by atoms with E-state index in [2.05, 4.69) is 0 Å². The van der Waals surface area contributed by atoms with Gasteiger partial charge in [0.2, 0.25) is 0 Å². The number of hydrogen-bond donors (Lipinski definition) is 0. The highest BCUT2D eigenvalue weighted by Gasteiger charge is 2.58. The molecule has 2 aromatic rings. The lowest BCUT2D eigenvalue weighted by Gasteiger charge is -2.32. The molecule has 6 nitrogen and oxygen atoms in total. The van der Waals surface area contributed by atoms with E-state index in [9.17, 15) is 14.4 Å². The average Bonchev–Trinajstić information content (AvgIpc) is 2.93. The van der Waals surface area contributed by atoms with Crippen molar-refractivity contribution < 1.29 is 19.1 Å². The molecule has 176 valence electrons. The Balaban J connectivity index is 2.09. The third-order valence-electron chi connectivity index (χ3n) is 5.82. The second kappa shape index (κ2) is 9.38. The quantitative estimate of drug-likeness (QED) is 0.434. The van der Waals surface area contributed by atoms with Gasteiger partial charge in [-0.25, -0.2) is 14.5 Å². The van der Waals surface area contributed by atoms with Gasteiger partial charge in [0.25, 0.3) is 5.91 Å². The fraction of sp³-hybridized carbons (Fsp3) is 0.444. The van der Waals surface area contributed by atoms with Crippen molar-refractivity contribution in [3.63, 3.8) is 0 Å². The summed E-state index contributed by atoms with van der Waals surface area (Å²) < 4.78 is 5.63. The Hall–Kier alpha value is -3.15. The molecule has 1 fully saturated rings. The first kappa shape index (κ1) is 24.5. The van der Waals surface area contributed by atoms with Crippen molar-refractivity contribution in [3.05, 3.63) is 71.8 Å². The first-order valence-electron chi connectivity index (χ1n) is 11.4. The van der Waals surface area contributed by atoms with Crippen LogP contribution in [0, 0.1) is 5.92 Å². The number of imide groups is 1. The van der Waals surface area contributed by atoms with E-state index in [1.165, 1.54) is 0 Å². The van der Waals surface area contributed by atoms with Crippen LogP contribution in [0.25, 0.3) is 0 Å². The van der Waals surface area contributed by atoms with E-state index < -0.39 is 35.1 Å². The second-order valence-electron chi connectivity index (χ2n) is 10.1. The molecule has 1 heterocycles. The van der Waals surface area contributed by atoms with E-state index in [1.807, 2.05) is 74.5 Å². The van der Waals surface area contributed by atoms with Crippen LogP contribution in [0.5, 0.6) is 0 Å². The number of ether oxygens (including phenoxy) is 1. The molecule has 0 aliphatic carbocycles. The zero-order valence-corrected chi connectivity index (χ0v) is 20.4. The summed E-state index contributed by atoms with van der Waals surface area (Å²) in [5, 5.41) is 0. The Labute approximate surface area is 196 Å². The largest absolute Gasteiger partial charge is 0.458 e. The van der Waals surface area contributed by atoms with Crippen LogP contribution in [-0.4, -0.2) is 39.4 Å². The smallest absolute Gasteiger partial charge is 0.329 e. The molecular weight excluding hydrogens is 416 g/mol. The van der Waals surface area contributed by atoms with Crippen LogP contribution in [0.2, 0.25) is 0 Å². The van der Waals surface area contributed by atoms with Crippen LogP contribution in [0.15, 0.2) is 60.7 Å². The van der Waals surface area contributed by atoms with Gasteiger partial charge < -0.3 is 9.64 Å². The highest BCUT2D eigenvalue weighted by atomic mass is 16.6. The molecule has 1 aliphatic rings. The average molecular weight is 451 g/mol. The van der Waals surface area contributed by atoms with Crippen LogP contribution in [0.4, 0.5) is 4.79 Å². The molecule has 2 atom stereocenters. The van der Waals surface area contributed by atoms with Gasteiger partial charge in [-0.2, -0.15) is 0 Å². The van der Waals surface area contributed by atoms with Gasteiger partial charge in [0, 0.05) is 6.54 Å². The van der Waals surface area contributed by atoms with E-state index in [0.717, 1.165) is 10.5 Å². The molecule has 0 aromatic heterocycles. The molecule has 6 heteroatoms. The molecule has 3 rings (SSSR count). The van der Waals surface area contributed by atoms with Crippen molar-refractivity contribution in [1.82, 2.24) is 9.80 Å². The lowest BCUT2D eigenvalue weighted by atomic mass is 9.89. The molecule has 1 aliphatic heterocycles. The Kier molecular flexibility index (Phi) is 6.96. The number of rotatable bonds is 7. The minimum atomic E-state index is -1.24. The fourth-order valence-electron chi connectivity index (χ4n) is 4.19. The standard InChI is InChI=1S/C27H34N2O4/c1-19(2)17-22(23(30)33-26(3,4)5)29-24(31)27(6,21-15-11-8-12-16-21)28(25(29)32)18-20-13-9-7-10-14-20/h7-16,19,22H,17-18H2,1-6H3/t22-,27-/m0/s1. The summed E-state index contributed by atoms with van der Waals surface area (Å²) in [4.78, 5) is 43.7. The fourth-order valence-corrected chi connectivity index (χ4v) is 4.19. The van der Waals surface area contributed by atoms with Gasteiger partial charge >= 0.3 is 12.0 Å². The van der Waals surface area contributed by atoms with Crippen LogP contribution in [-0.2, 0) is 26.4 Å². The molecule has 2 aromatic carbocycles. The summed E-state index contributed by atoms with van der Waals surface area (Å²) >= 11 is 0. The molecule has 0 unspecified atom stereocenters. The van der Waals surface area contributed by atoms with E-state index in [4.69, 9.17) is 4.74 Å². The first-order valence-corrected chi connectivity index (χ1v) is 11.4. The number of esters is 1. The molecule has 3 amide bonds. The monoisotopic (exact) mass is 450 g/mol. The topological polar surface area (TPSA) is 66.9 Å². The van der Waals surface area contributed by atoms with E-state index in [1.54, 1.807) is 32.6 Å². The summed E-state index contributed by atoms with van der Waals surface area (Å²) in [5.74, 6) is -0.893. The van der Waals surface area contributed by atoms with Gasteiger partial charge in [-0.05, 0) is 51.2 Å².